The monoisotopic (exact) mass is 480 g/mol. The second-order valence-corrected chi connectivity index (χ2v) is 10.3. The van der Waals surface area contributed by atoms with Crippen LogP contribution in [0.5, 0.6) is 5.75 Å². The Kier molecular flexibility index (Phi) is 6.80. The highest BCUT2D eigenvalue weighted by atomic mass is 16.6. The average Bonchev–Trinajstić information content (AvgIpc) is 3.47. The van der Waals surface area contributed by atoms with Crippen LogP contribution in [0.4, 0.5) is 11.4 Å². The molecule has 1 heterocycles. The van der Waals surface area contributed by atoms with E-state index in [9.17, 15) is 19.7 Å². The van der Waals surface area contributed by atoms with E-state index in [2.05, 4.69) is 36.3 Å². The molecule has 1 atom stereocenters. The van der Waals surface area contributed by atoms with Gasteiger partial charge in [0.2, 0.25) is 0 Å². The summed E-state index contributed by atoms with van der Waals surface area (Å²) in [5.74, 6) is -0.422. The van der Waals surface area contributed by atoms with E-state index in [0.717, 1.165) is 37.9 Å². The normalized spacial score (nSPS) is 18.2. The molecule has 2 aromatic rings. The number of carbonyl (C=O) groups excluding carboxylic acids is 2. The highest BCUT2D eigenvalue weighted by molar-refractivity contribution is 6.08. The molecule has 2 fully saturated rings. The van der Waals surface area contributed by atoms with Crippen LogP contribution in [0.15, 0.2) is 36.4 Å². The van der Waals surface area contributed by atoms with Crippen LogP contribution in [0.25, 0.3) is 0 Å². The number of rotatable bonds is 7. The minimum Gasteiger partial charge on any atom is -0.489 e. The van der Waals surface area contributed by atoms with Crippen molar-refractivity contribution in [2.24, 2.45) is 0 Å². The van der Waals surface area contributed by atoms with Crippen LogP contribution < -0.4 is 15.4 Å². The first-order chi connectivity index (χ1) is 16.5. The number of ether oxygens (including phenoxy) is 1. The second-order valence-electron chi connectivity index (χ2n) is 10.3. The molecule has 2 aromatic carbocycles. The van der Waals surface area contributed by atoms with Crippen LogP contribution in [-0.2, 0) is 0 Å². The number of carbonyl (C=O) groups is 2. The molecule has 186 valence electrons. The van der Waals surface area contributed by atoms with E-state index < -0.39 is 10.8 Å². The van der Waals surface area contributed by atoms with Gasteiger partial charge < -0.3 is 15.4 Å². The van der Waals surface area contributed by atoms with E-state index in [1.54, 1.807) is 25.1 Å². The highest BCUT2D eigenvalue weighted by Gasteiger charge is 2.32. The quantitative estimate of drug-likeness (QED) is 0.451. The van der Waals surface area contributed by atoms with Gasteiger partial charge in [0.25, 0.3) is 17.5 Å². The zero-order valence-corrected chi connectivity index (χ0v) is 20.6. The first-order valence-corrected chi connectivity index (χ1v) is 11.9. The zero-order valence-electron chi connectivity index (χ0n) is 20.6. The Balaban J connectivity index is 1.52. The SMILES string of the molecule is Cc1ccc(C(=O)NC2CC2)cc1NC(=O)c1cc(OC2CCN(C(C)(C)C)C2)ccc1[N+](=O)[O-]. The van der Waals surface area contributed by atoms with Crippen LogP contribution in [0.2, 0.25) is 0 Å². The van der Waals surface area contributed by atoms with Gasteiger partial charge >= 0.3 is 0 Å². The molecule has 9 heteroatoms. The number of hydrogen-bond donors (Lipinski definition) is 2. The van der Waals surface area contributed by atoms with Crippen LogP contribution in [-0.4, -0.2) is 52.4 Å². The fourth-order valence-corrected chi connectivity index (χ4v) is 4.14. The fraction of sp³-hybridized carbons (Fsp3) is 0.462. The number of benzene rings is 2. The molecule has 9 nitrogen and oxygen atoms in total. The summed E-state index contributed by atoms with van der Waals surface area (Å²) in [4.78, 5) is 38.9. The van der Waals surface area contributed by atoms with Gasteiger partial charge in [-0.05, 0) is 76.8 Å². The third-order valence-corrected chi connectivity index (χ3v) is 6.47. The number of amides is 2. The fourth-order valence-electron chi connectivity index (χ4n) is 4.14. The number of nitrogens with zero attached hydrogens (tertiary/aromatic N) is 2. The largest absolute Gasteiger partial charge is 0.489 e. The molecule has 1 saturated carbocycles. The van der Waals surface area contributed by atoms with Crippen LogP contribution in [0.1, 0.15) is 66.3 Å². The van der Waals surface area contributed by atoms with Gasteiger partial charge in [-0.3, -0.25) is 24.6 Å². The number of nitrogens with one attached hydrogen (secondary N) is 2. The predicted molar refractivity (Wildman–Crippen MR) is 133 cm³/mol. The van der Waals surface area contributed by atoms with Gasteiger partial charge in [0.05, 0.1) is 4.92 Å². The topological polar surface area (TPSA) is 114 Å². The van der Waals surface area contributed by atoms with Gasteiger partial charge in [-0.1, -0.05) is 6.07 Å². The smallest absolute Gasteiger partial charge is 0.282 e. The molecule has 1 aliphatic heterocycles. The summed E-state index contributed by atoms with van der Waals surface area (Å²) < 4.78 is 6.10. The van der Waals surface area contributed by atoms with Crippen molar-refractivity contribution in [3.8, 4) is 5.75 Å². The molecule has 0 bridgehead atoms. The molecule has 1 unspecified atom stereocenters. The van der Waals surface area contributed by atoms with Crippen LogP contribution in [0, 0.1) is 17.0 Å². The van der Waals surface area contributed by atoms with Crippen LogP contribution >= 0.6 is 0 Å². The second kappa shape index (κ2) is 9.65. The third-order valence-electron chi connectivity index (χ3n) is 6.47. The molecular weight excluding hydrogens is 448 g/mol. The number of hydrogen-bond acceptors (Lipinski definition) is 6. The predicted octanol–water partition coefficient (Wildman–Crippen LogP) is 4.30. The van der Waals surface area contributed by atoms with Gasteiger partial charge in [-0.2, -0.15) is 0 Å². The molecular formula is C26H32N4O5. The first-order valence-electron chi connectivity index (χ1n) is 11.9. The maximum absolute atomic E-state index is 13.2. The maximum atomic E-state index is 13.2. The Morgan fingerprint density at radius 3 is 2.46 bits per heavy atom. The van der Waals surface area contributed by atoms with E-state index in [4.69, 9.17) is 4.74 Å². The first kappa shape index (κ1) is 24.7. The summed E-state index contributed by atoms with van der Waals surface area (Å²) in [7, 11) is 0. The molecule has 35 heavy (non-hydrogen) atoms. The number of nitro groups is 1. The van der Waals surface area contributed by atoms with Crippen molar-refractivity contribution in [3.05, 3.63) is 63.2 Å². The van der Waals surface area contributed by atoms with Crippen molar-refractivity contribution in [2.75, 3.05) is 18.4 Å². The van der Waals surface area contributed by atoms with Gasteiger partial charge in [0, 0.05) is 42.0 Å². The lowest BCUT2D eigenvalue weighted by molar-refractivity contribution is -0.385. The molecule has 2 N–H and O–H groups in total. The van der Waals surface area contributed by atoms with E-state index in [0.29, 0.717) is 17.0 Å². The standard InChI is InChI=1S/C26H32N4O5/c1-16-5-6-17(24(31)27-18-7-8-18)13-22(16)28-25(32)21-14-19(9-10-23(21)30(33)34)35-20-11-12-29(15-20)26(2,3)4/h5-6,9-10,13-14,18,20H,7-8,11-12,15H2,1-4H3,(H,27,31)(H,28,32). The zero-order chi connectivity index (χ0) is 25.3. The van der Waals surface area contributed by atoms with Crippen molar-refractivity contribution in [2.45, 2.75) is 64.6 Å². The van der Waals surface area contributed by atoms with E-state index in [1.807, 2.05) is 0 Å². The summed E-state index contributed by atoms with van der Waals surface area (Å²) in [5.41, 5.74) is 1.22. The minimum absolute atomic E-state index is 0.0284. The molecule has 2 aliphatic rings. The number of likely N-dealkylation sites (tertiary alicyclic amines) is 1. The average molecular weight is 481 g/mol. The van der Waals surface area contributed by atoms with Crippen LogP contribution in [0.3, 0.4) is 0 Å². The van der Waals surface area contributed by atoms with Crippen molar-refractivity contribution in [3.63, 3.8) is 0 Å². The Morgan fingerprint density at radius 2 is 1.83 bits per heavy atom. The lowest BCUT2D eigenvalue weighted by Gasteiger charge is -2.31. The van der Waals surface area contributed by atoms with Crippen molar-refractivity contribution in [1.29, 1.82) is 0 Å². The van der Waals surface area contributed by atoms with Crippen molar-refractivity contribution in [1.82, 2.24) is 10.2 Å². The molecule has 4 rings (SSSR count). The Hall–Kier alpha value is -3.46. The lowest BCUT2D eigenvalue weighted by atomic mass is 10.1. The van der Waals surface area contributed by atoms with Crippen molar-refractivity contribution < 1.29 is 19.2 Å². The number of anilines is 1. The molecule has 2 amide bonds. The Morgan fingerprint density at radius 1 is 1.09 bits per heavy atom. The van der Waals surface area contributed by atoms with Gasteiger partial charge in [0.1, 0.15) is 17.4 Å². The van der Waals surface area contributed by atoms with Gasteiger partial charge in [-0.25, -0.2) is 0 Å². The van der Waals surface area contributed by atoms with E-state index >= 15 is 0 Å². The summed E-state index contributed by atoms with van der Waals surface area (Å²) in [5, 5.41) is 17.3. The van der Waals surface area contributed by atoms with E-state index in [1.165, 1.54) is 18.2 Å². The number of nitro benzene ring substituents is 1. The van der Waals surface area contributed by atoms with Gasteiger partial charge in [-0.15, -0.1) is 0 Å². The summed E-state index contributed by atoms with van der Waals surface area (Å²) in [6.07, 6.45) is 2.72. The molecule has 0 spiro atoms. The summed E-state index contributed by atoms with van der Waals surface area (Å²) >= 11 is 0. The van der Waals surface area contributed by atoms with E-state index in [-0.39, 0.29) is 34.8 Å². The Bertz CT molecular complexity index is 1150. The lowest BCUT2D eigenvalue weighted by Crippen LogP contribution is -2.40. The van der Waals surface area contributed by atoms with Crippen molar-refractivity contribution >= 4 is 23.2 Å². The maximum Gasteiger partial charge on any atom is 0.282 e. The summed E-state index contributed by atoms with van der Waals surface area (Å²) in [6, 6.07) is 9.50. The third kappa shape index (κ3) is 5.97. The summed E-state index contributed by atoms with van der Waals surface area (Å²) in [6.45, 7) is 9.89. The molecule has 1 saturated heterocycles. The number of aryl methyl sites for hydroxylation is 1. The van der Waals surface area contributed by atoms with Gasteiger partial charge in [0.15, 0.2) is 0 Å². The highest BCUT2D eigenvalue weighted by Crippen LogP contribution is 2.29. The Labute approximate surface area is 205 Å². The molecule has 0 radical (unpaired) electrons. The molecule has 0 aromatic heterocycles. The minimum atomic E-state index is -0.632. The molecule has 1 aliphatic carbocycles.